The van der Waals surface area contributed by atoms with Crippen LogP contribution in [0.4, 0.5) is 0 Å². The van der Waals surface area contributed by atoms with Crippen LogP contribution >= 0.6 is 15.9 Å². The maximum Gasteiger partial charge on any atom is 0.251 e. The number of carbonyl (C=O) groups excluding carboxylic acids is 1. The number of fused-ring (bicyclic) bond motifs is 1. The molecule has 0 aromatic heterocycles. The molecule has 0 radical (unpaired) electrons. The van der Waals surface area contributed by atoms with Crippen LogP contribution in [-0.4, -0.2) is 12.5 Å². The van der Waals surface area contributed by atoms with Crippen LogP contribution in [0.15, 0.2) is 42.5 Å². The van der Waals surface area contributed by atoms with E-state index in [1.807, 2.05) is 6.07 Å². The minimum absolute atomic E-state index is 0.0386. The fraction of sp³-hybridized carbons (Fsp3) is 0.235. The summed E-state index contributed by atoms with van der Waals surface area (Å²) in [5.74, 6) is 0.0386. The number of benzene rings is 2. The SMILES string of the molecule is Cc1ccc(C(Br)c2ccc3c(c2)C(=O)NCC3)cc1. The van der Waals surface area contributed by atoms with Gasteiger partial charge in [-0.15, -0.1) is 0 Å². The number of nitrogens with one attached hydrogen (secondary N) is 1. The number of alkyl halides is 1. The number of hydrogen-bond donors (Lipinski definition) is 1. The van der Waals surface area contributed by atoms with Crippen molar-refractivity contribution >= 4 is 21.8 Å². The van der Waals surface area contributed by atoms with Crippen molar-refractivity contribution in [2.24, 2.45) is 0 Å². The largest absolute Gasteiger partial charge is 0.352 e. The average molecular weight is 330 g/mol. The summed E-state index contributed by atoms with van der Waals surface area (Å²) in [4.78, 5) is 12.0. The third-order valence-corrected chi connectivity index (χ3v) is 4.78. The van der Waals surface area contributed by atoms with Gasteiger partial charge in [-0.3, -0.25) is 4.79 Å². The molecule has 0 fully saturated rings. The van der Waals surface area contributed by atoms with E-state index < -0.39 is 0 Å². The van der Waals surface area contributed by atoms with Crippen molar-refractivity contribution in [1.29, 1.82) is 0 Å². The number of halogens is 1. The van der Waals surface area contributed by atoms with Crippen LogP contribution < -0.4 is 5.32 Å². The molecule has 1 atom stereocenters. The molecule has 0 saturated carbocycles. The average Bonchev–Trinajstić information content (AvgIpc) is 2.47. The molecule has 1 amide bonds. The molecule has 0 saturated heterocycles. The lowest BCUT2D eigenvalue weighted by molar-refractivity contribution is 0.0946. The Morgan fingerprint density at radius 2 is 1.80 bits per heavy atom. The fourth-order valence-corrected chi connectivity index (χ4v) is 3.10. The lowest BCUT2D eigenvalue weighted by Crippen LogP contribution is -2.31. The maximum atomic E-state index is 11.9. The van der Waals surface area contributed by atoms with E-state index in [1.165, 1.54) is 11.1 Å². The molecular weight excluding hydrogens is 314 g/mol. The van der Waals surface area contributed by atoms with Gasteiger partial charge in [0, 0.05) is 12.1 Å². The zero-order chi connectivity index (χ0) is 14.1. The third-order valence-electron chi connectivity index (χ3n) is 3.72. The maximum absolute atomic E-state index is 11.9. The van der Waals surface area contributed by atoms with Gasteiger partial charge in [0.05, 0.1) is 4.83 Å². The molecule has 1 aliphatic heterocycles. The van der Waals surface area contributed by atoms with Gasteiger partial charge in [0.25, 0.3) is 5.91 Å². The summed E-state index contributed by atoms with van der Waals surface area (Å²) in [5, 5.41) is 2.90. The van der Waals surface area contributed by atoms with Gasteiger partial charge in [0.15, 0.2) is 0 Å². The second-order valence-electron chi connectivity index (χ2n) is 5.20. The molecule has 2 aromatic carbocycles. The van der Waals surface area contributed by atoms with Crippen molar-refractivity contribution in [3.8, 4) is 0 Å². The molecule has 1 heterocycles. The second-order valence-corrected chi connectivity index (χ2v) is 6.11. The van der Waals surface area contributed by atoms with Crippen LogP contribution in [0.25, 0.3) is 0 Å². The standard InChI is InChI=1S/C17H16BrNO/c1-11-2-4-13(5-3-11)16(18)14-7-6-12-8-9-19-17(20)15(12)10-14/h2-7,10,16H,8-9H2,1H3,(H,19,20). The lowest BCUT2D eigenvalue weighted by atomic mass is 9.95. The summed E-state index contributed by atoms with van der Waals surface area (Å²) in [6.45, 7) is 2.82. The quantitative estimate of drug-likeness (QED) is 0.835. The summed E-state index contributed by atoms with van der Waals surface area (Å²) in [5.41, 5.74) is 5.51. The summed E-state index contributed by atoms with van der Waals surface area (Å²) >= 11 is 3.73. The first-order valence-corrected chi connectivity index (χ1v) is 7.68. The molecule has 3 heteroatoms. The Hall–Kier alpha value is -1.61. The fourth-order valence-electron chi connectivity index (χ4n) is 2.51. The molecule has 1 aliphatic rings. The molecule has 2 nitrogen and oxygen atoms in total. The predicted octanol–water partition coefficient (Wildman–Crippen LogP) is 3.77. The lowest BCUT2D eigenvalue weighted by Gasteiger charge is -2.19. The van der Waals surface area contributed by atoms with E-state index in [-0.39, 0.29) is 10.7 Å². The molecule has 102 valence electrons. The Kier molecular flexibility index (Phi) is 3.62. The molecule has 0 spiro atoms. The molecular formula is C17H16BrNO. The molecule has 1 N–H and O–H groups in total. The summed E-state index contributed by atoms with van der Waals surface area (Å²) in [6.07, 6.45) is 0.916. The minimum Gasteiger partial charge on any atom is -0.352 e. The molecule has 3 rings (SSSR count). The van der Waals surface area contributed by atoms with E-state index in [9.17, 15) is 4.79 Å². The van der Waals surface area contributed by atoms with Gasteiger partial charge < -0.3 is 5.32 Å². The van der Waals surface area contributed by atoms with Crippen LogP contribution in [-0.2, 0) is 6.42 Å². The Morgan fingerprint density at radius 1 is 1.10 bits per heavy atom. The third kappa shape index (κ3) is 2.50. The van der Waals surface area contributed by atoms with Gasteiger partial charge in [-0.25, -0.2) is 0 Å². The van der Waals surface area contributed by atoms with Crippen LogP contribution in [0, 0.1) is 6.92 Å². The number of rotatable bonds is 2. The normalized spacial score (nSPS) is 15.4. The van der Waals surface area contributed by atoms with Gasteiger partial charge in [-0.05, 0) is 36.1 Å². The smallest absolute Gasteiger partial charge is 0.251 e. The highest BCUT2D eigenvalue weighted by Gasteiger charge is 2.19. The van der Waals surface area contributed by atoms with Crippen molar-refractivity contribution in [3.05, 3.63) is 70.3 Å². The molecule has 20 heavy (non-hydrogen) atoms. The van der Waals surface area contributed by atoms with E-state index in [2.05, 4.69) is 64.6 Å². The van der Waals surface area contributed by atoms with Gasteiger partial charge >= 0.3 is 0 Å². The van der Waals surface area contributed by atoms with Crippen molar-refractivity contribution in [1.82, 2.24) is 5.32 Å². The van der Waals surface area contributed by atoms with Crippen LogP contribution in [0.1, 0.15) is 37.4 Å². The van der Waals surface area contributed by atoms with Gasteiger partial charge in [0.1, 0.15) is 0 Å². The zero-order valence-corrected chi connectivity index (χ0v) is 12.9. The van der Waals surface area contributed by atoms with Crippen molar-refractivity contribution in [2.45, 2.75) is 18.2 Å². The number of hydrogen-bond acceptors (Lipinski definition) is 1. The van der Waals surface area contributed by atoms with E-state index in [0.29, 0.717) is 0 Å². The zero-order valence-electron chi connectivity index (χ0n) is 11.3. The van der Waals surface area contributed by atoms with Gasteiger partial charge in [0.2, 0.25) is 0 Å². The minimum atomic E-state index is 0.0386. The van der Waals surface area contributed by atoms with E-state index in [4.69, 9.17) is 0 Å². The Morgan fingerprint density at radius 3 is 2.55 bits per heavy atom. The molecule has 2 aromatic rings. The predicted molar refractivity (Wildman–Crippen MR) is 84.4 cm³/mol. The second kappa shape index (κ2) is 5.41. The monoisotopic (exact) mass is 329 g/mol. The number of aryl methyl sites for hydroxylation is 1. The van der Waals surface area contributed by atoms with E-state index in [1.54, 1.807) is 0 Å². The summed E-state index contributed by atoms with van der Waals surface area (Å²) < 4.78 is 0. The van der Waals surface area contributed by atoms with Crippen molar-refractivity contribution < 1.29 is 4.79 Å². The first-order chi connectivity index (χ1) is 9.65. The van der Waals surface area contributed by atoms with Crippen LogP contribution in [0.2, 0.25) is 0 Å². The van der Waals surface area contributed by atoms with E-state index >= 15 is 0 Å². The molecule has 0 bridgehead atoms. The molecule has 0 aliphatic carbocycles. The first kappa shape index (κ1) is 13.4. The van der Waals surface area contributed by atoms with Crippen LogP contribution in [0.5, 0.6) is 0 Å². The van der Waals surface area contributed by atoms with Gasteiger partial charge in [-0.1, -0.05) is 57.9 Å². The van der Waals surface area contributed by atoms with Gasteiger partial charge in [-0.2, -0.15) is 0 Å². The number of amides is 1. The Labute approximate surface area is 127 Å². The Bertz CT molecular complexity index is 649. The van der Waals surface area contributed by atoms with Crippen molar-refractivity contribution in [2.75, 3.05) is 6.54 Å². The van der Waals surface area contributed by atoms with Crippen LogP contribution in [0.3, 0.4) is 0 Å². The topological polar surface area (TPSA) is 29.1 Å². The highest BCUT2D eigenvalue weighted by molar-refractivity contribution is 9.09. The Balaban J connectivity index is 1.96. The summed E-state index contributed by atoms with van der Waals surface area (Å²) in [7, 11) is 0. The van der Waals surface area contributed by atoms with E-state index in [0.717, 1.165) is 29.7 Å². The highest BCUT2D eigenvalue weighted by Crippen LogP contribution is 2.32. The summed E-state index contributed by atoms with van der Waals surface area (Å²) in [6, 6.07) is 14.6. The number of carbonyl (C=O) groups is 1. The highest BCUT2D eigenvalue weighted by atomic mass is 79.9. The molecule has 1 unspecified atom stereocenters. The van der Waals surface area contributed by atoms with Crippen molar-refractivity contribution in [3.63, 3.8) is 0 Å². The first-order valence-electron chi connectivity index (χ1n) is 6.77.